The highest BCUT2D eigenvalue weighted by Crippen LogP contribution is 2.52. The first-order chi connectivity index (χ1) is 21.6. The third-order valence-corrected chi connectivity index (χ3v) is 10.4. The fourth-order valence-corrected chi connectivity index (χ4v) is 7.81. The van der Waals surface area contributed by atoms with Gasteiger partial charge in [0.2, 0.25) is 0 Å². The van der Waals surface area contributed by atoms with Crippen LogP contribution in [-0.4, -0.2) is 0 Å². The van der Waals surface area contributed by atoms with Crippen molar-refractivity contribution >= 4 is 17.1 Å². The van der Waals surface area contributed by atoms with Gasteiger partial charge in [-0.25, -0.2) is 0 Å². The van der Waals surface area contributed by atoms with E-state index in [2.05, 4.69) is 174 Å². The summed E-state index contributed by atoms with van der Waals surface area (Å²) < 4.78 is 0. The molecule has 0 saturated carbocycles. The molecular formula is C44H39N. The van der Waals surface area contributed by atoms with E-state index < -0.39 is 0 Å². The average Bonchev–Trinajstić information content (AvgIpc) is 3.41. The highest BCUT2D eigenvalue weighted by molar-refractivity contribution is 5.87. The number of hydrogen-bond acceptors (Lipinski definition) is 1. The average molecular weight is 582 g/mol. The number of aryl methyl sites for hydroxylation is 2. The van der Waals surface area contributed by atoms with E-state index in [1.807, 2.05) is 0 Å². The molecule has 0 unspecified atom stereocenters. The van der Waals surface area contributed by atoms with E-state index in [-0.39, 0.29) is 10.8 Å². The van der Waals surface area contributed by atoms with Crippen LogP contribution in [0, 0.1) is 13.8 Å². The van der Waals surface area contributed by atoms with Crippen molar-refractivity contribution in [1.29, 1.82) is 0 Å². The highest BCUT2D eigenvalue weighted by atomic mass is 15.1. The summed E-state index contributed by atoms with van der Waals surface area (Å²) in [4.78, 5) is 2.40. The van der Waals surface area contributed by atoms with Crippen LogP contribution in [0.25, 0.3) is 33.4 Å². The molecule has 0 spiro atoms. The smallest absolute Gasteiger partial charge is 0.0465 e. The van der Waals surface area contributed by atoms with E-state index >= 15 is 0 Å². The molecule has 0 aromatic heterocycles. The second-order valence-corrected chi connectivity index (χ2v) is 14.1. The lowest BCUT2D eigenvalue weighted by molar-refractivity contribution is 0.660. The van der Waals surface area contributed by atoms with Crippen molar-refractivity contribution < 1.29 is 0 Å². The van der Waals surface area contributed by atoms with Crippen molar-refractivity contribution in [1.82, 2.24) is 0 Å². The molecule has 0 fully saturated rings. The molecule has 45 heavy (non-hydrogen) atoms. The van der Waals surface area contributed by atoms with Gasteiger partial charge in [-0.2, -0.15) is 0 Å². The minimum atomic E-state index is -0.0590. The number of nitrogens with zero attached hydrogens (tertiary/aromatic N) is 1. The van der Waals surface area contributed by atoms with E-state index in [4.69, 9.17) is 0 Å². The molecule has 0 saturated heterocycles. The summed E-state index contributed by atoms with van der Waals surface area (Å²) in [6, 6.07) is 47.8. The SMILES string of the molecule is Cc1ccc(N(c2ccc(-c3ccc4c(c3)C(C)(C)c3ccccc3-4)cc2)c2ccc3c(c2)C(C)(C)c2cc(C)ccc2-3)cc1. The lowest BCUT2D eigenvalue weighted by Crippen LogP contribution is -2.16. The van der Waals surface area contributed by atoms with Gasteiger partial charge in [-0.05, 0) is 112 Å². The van der Waals surface area contributed by atoms with Crippen LogP contribution >= 0.6 is 0 Å². The van der Waals surface area contributed by atoms with E-state index in [0.717, 1.165) is 11.4 Å². The van der Waals surface area contributed by atoms with Gasteiger partial charge in [0.1, 0.15) is 0 Å². The Balaban J connectivity index is 1.20. The summed E-state index contributed by atoms with van der Waals surface area (Å²) in [7, 11) is 0. The third kappa shape index (κ3) is 4.21. The largest absolute Gasteiger partial charge is 0.310 e. The fraction of sp³-hybridized carbons (Fsp3) is 0.182. The molecule has 0 amide bonds. The zero-order valence-corrected chi connectivity index (χ0v) is 27.1. The second kappa shape index (κ2) is 9.81. The molecule has 1 heteroatoms. The van der Waals surface area contributed by atoms with Crippen LogP contribution in [0.5, 0.6) is 0 Å². The van der Waals surface area contributed by atoms with Crippen LogP contribution in [0.2, 0.25) is 0 Å². The van der Waals surface area contributed by atoms with Crippen LogP contribution in [0.1, 0.15) is 61.1 Å². The van der Waals surface area contributed by atoms with Gasteiger partial charge in [0.25, 0.3) is 0 Å². The van der Waals surface area contributed by atoms with Crippen molar-refractivity contribution in [2.45, 2.75) is 52.4 Å². The van der Waals surface area contributed by atoms with Gasteiger partial charge in [0.15, 0.2) is 0 Å². The molecule has 8 rings (SSSR count). The van der Waals surface area contributed by atoms with Gasteiger partial charge in [0.05, 0.1) is 0 Å². The van der Waals surface area contributed by atoms with Gasteiger partial charge >= 0.3 is 0 Å². The van der Waals surface area contributed by atoms with Gasteiger partial charge < -0.3 is 4.90 Å². The second-order valence-electron chi connectivity index (χ2n) is 14.1. The van der Waals surface area contributed by atoms with Crippen LogP contribution in [0.15, 0.2) is 127 Å². The van der Waals surface area contributed by atoms with Gasteiger partial charge in [-0.1, -0.05) is 124 Å². The molecule has 0 N–H and O–H groups in total. The first kappa shape index (κ1) is 27.7. The Bertz CT molecular complexity index is 2110. The van der Waals surface area contributed by atoms with E-state index in [1.165, 1.54) is 72.4 Å². The summed E-state index contributed by atoms with van der Waals surface area (Å²) in [5.74, 6) is 0. The molecule has 220 valence electrons. The number of anilines is 3. The maximum Gasteiger partial charge on any atom is 0.0465 e. The number of fused-ring (bicyclic) bond motifs is 6. The maximum atomic E-state index is 2.42. The van der Waals surface area contributed by atoms with E-state index in [0.29, 0.717) is 0 Å². The molecule has 0 bridgehead atoms. The predicted octanol–water partition coefficient (Wildman–Crippen LogP) is 12.1. The van der Waals surface area contributed by atoms with Crippen LogP contribution in [-0.2, 0) is 10.8 Å². The monoisotopic (exact) mass is 581 g/mol. The van der Waals surface area contributed by atoms with Crippen molar-refractivity contribution in [2.75, 3.05) is 4.90 Å². The Morgan fingerprint density at radius 3 is 1.56 bits per heavy atom. The normalized spacial score (nSPS) is 14.8. The zero-order chi connectivity index (χ0) is 31.1. The molecule has 0 aliphatic heterocycles. The summed E-state index contributed by atoms with van der Waals surface area (Å²) in [5.41, 5.74) is 19.5. The zero-order valence-electron chi connectivity index (χ0n) is 27.1. The Kier molecular flexibility index (Phi) is 6.03. The molecule has 0 atom stereocenters. The van der Waals surface area contributed by atoms with Crippen LogP contribution < -0.4 is 4.90 Å². The van der Waals surface area contributed by atoms with Crippen molar-refractivity contribution in [3.05, 3.63) is 161 Å². The molecular weight excluding hydrogens is 542 g/mol. The molecule has 6 aromatic rings. The van der Waals surface area contributed by atoms with E-state index in [9.17, 15) is 0 Å². The fourth-order valence-electron chi connectivity index (χ4n) is 7.81. The van der Waals surface area contributed by atoms with E-state index in [1.54, 1.807) is 0 Å². The van der Waals surface area contributed by atoms with Gasteiger partial charge in [0, 0.05) is 27.9 Å². The number of rotatable bonds is 4. The quantitative estimate of drug-likeness (QED) is 0.200. The van der Waals surface area contributed by atoms with Crippen LogP contribution in [0.4, 0.5) is 17.1 Å². The third-order valence-electron chi connectivity index (χ3n) is 10.4. The first-order valence-electron chi connectivity index (χ1n) is 16.1. The number of benzene rings is 6. The summed E-state index contributed by atoms with van der Waals surface area (Å²) in [5, 5.41) is 0. The summed E-state index contributed by atoms with van der Waals surface area (Å²) in [6.45, 7) is 13.8. The lowest BCUT2D eigenvalue weighted by Gasteiger charge is -2.28. The molecule has 0 heterocycles. The molecule has 1 nitrogen and oxygen atoms in total. The molecule has 2 aliphatic rings. The highest BCUT2D eigenvalue weighted by Gasteiger charge is 2.37. The minimum absolute atomic E-state index is 0.0101. The number of hydrogen-bond donors (Lipinski definition) is 0. The molecule has 0 radical (unpaired) electrons. The summed E-state index contributed by atoms with van der Waals surface area (Å²) in [6.07, 6.45) is 0. The van der Waals surface area contributed by atoms with Crippen molar-refractivity contribution in [2.24, 2.45) is 0 Å². The predicted molar refractivity (Wildman–Crippen MR) is 191 cm³/mol. The van der Waals surface area contributed by atoms with Gasteiger partial charge in [-0.3, -0.25) is 0 Å². The summed E-state index contributed by atoms with van der Waals surface area (Å²) >= 11 is 0. The Morgan fingerprint density at radius 2 is 0.844 bits per heavy atom. The Hall–Kier alpha value is -4.88. The lowest BCUT2D eigenvalue weighted by atomic mass is 9.81. The Labute approximate surface area is 267 Å². The topological polar surface area (TPSA) is 3.24 Å². The van der Waals surface area contributed by atoms with Gasteiger partial charge in [-0.15, -0.1) is 0 Å². The van der Waals surface area contributed by atoms with Crippen molar-refractivity contribution in [3.63, 3.8) is 0 Å². The van der Waals surface area contributed by atoms with Crippen molar-refractivity contribution in [3.8, 4) is 33.4 Å². The minimum Gasteiger partial charge on any atom is -0.310 e. The standard InChI is InChI=1S/C44H39N/c1-28-11-17-32(18-12-28)45(34-21-24-38-36-22-13-29(2)25-40(36)44(5,6)42(38)27-34)33-19-14-30(15-20-33)31-16-23-37-35-9-7-8-10-39(35)43(3,4)41(37)26-31/h7-27H,1-6H3. The molecule has 2 aliphatic carbocycles. The molecule has 6 aromatic carbocycles. The van der Waals surface area contributed by atoms with Crippen LogP contribution in [0.3, 0.4) is 0 Å². The first-order valence-corrected chi connectivity index (χ1v) is 16.1. The maximum absolute atomic E-state index is 2.42. The Morgan fingerprint density at radius 1 is 0.378 bits per heavy atom.